The first-order chi connectivity index (χ1) is 14.1. The van der Waals surface area contributed by atoms with Crippen molar-refractivity contribution in [1.82, 2.24) is 4.90 Å². The molecule has 0 amide bonds. The molecule has 0 unspecified atom stereocenters. The van der Waals surface area contributed by atoms with E-state index in [4.69, 9.17) is 14.2 Å². The number of methoxy groups -OCH3 is 3. The highest BCUT2D eigenvalue weighted by molar-refractivity contribution is 6.15. The van der Waals surface area contributed by atoms with Crippen LogP contribution < -0.4 is 14.2 Å². The molecule has 6 nitrogen and oxygen atoms in total. The summed E-state index contributed by atoms with van der Waals surface area (Å²) >= 11 is 0. The van der Waals surface area contributed by atoms with Gasteiger partial charge in [0.1, 0.15) is 5.75 Å². The third-order valence-electron chi connectivity index (χ3n) is 6.48. The van der Waals surface area contributed by atoms with E-state index in [2.05, 4.69) is 4.90 Å². The van der Waals surface area contributed by atoms with E-state index >= 15 is 0 Å². The normalized spacial score (nSPS) is 20.5. The molecule has 3 aromatic rings. The van der Waals surface area contributed by atoms with Gasteiger partial charge in [0.25, 0.3) is 0 Å². The summed E-state index contributed by atoms with van der Waals surface area (Å²) in [7, 11) is 4.80. The smallest absolute Gasteiger partial charge is 0.203 e. The fourth-order valence-electron chi connectivity index (χ4n) is 5.25. The van der Waals surface area contributed by atoms with Crippen LogP contribution in [0, 0.1) is 0 Å². The van der Waals surface area contributed by atoms with Crippen molar-refractivity contribution >= 4 is 34.0 Å². The molecule has 0 bridgehead atoms. The summed E-state index contributed by atoms with van der Waals surface area (Å²) in [5.41, 5.74) is 2.04. The van der Waals surface area contributed by atoms with Crippen LogP contribution in [0.2, 0.25) is 0 Å². The van der Waals surface area contributed by atoms with E-state index in [1.807, 2.05) is 12.1 Å². The highest BCUT2D eigenvalue weighted by Crippen LogP contribution is 2.51. The van der Waals surface area contributed by atoms with E-state index in [1.54, 1.807) is 33.5 Å². The molecule has 1 fully saturated rings. The monoisotopic (exact) mass is 431 g/mol. The average Bonchev–Trinajstić information content (AvgIpc) is 3.21. The minimum absolute atomic E-state index is 0. The summed E-state index contributed by atoms with van der Waals surface area (Å²) in [5.74, 6) is 1.83. The number of nitrogens with zero attached hydrogens (tertiary/aromatic N) is 1. The number of aromatic hydroxyl groups is 1. The van der Waals surface area contributed by atoms with Gasteiger partial charge in [-0.25, -0.2) is 0 Å². The first-order valence-electron chi connectivity index (χ1n) is 9.91. The number of phenolic OH excluding ortho intramolecular Hbond substituents is 1. The van der Waals surface area contributed by atoms with E-state index in [-0.39, 0.29) is 24.2 Å². The number of aliphatic hydroxyl groups is 1. The molecule has 0 spiro atoms. The van der Waals surface area contributed by atoms with Crippen molar-refractivity contribution in [2.24, 2.45) is 0 Å². The summed E-state index contributed by atoms with van der Waals surface area (Å²) in [6, 6.07) is 7.41. The summed E-state index contributed by atoms with van der Waals surface area (Å²) in [6.45, 7) is 1.75. The number of hydrogen-bond donors (Lipinski definition) is 2. The van der Waals surface area contributed by atoms with Crippen LogP contribution in [0.15, 0.2) is 24.3 Å². The fourth-order valence-corrected chi connectivity index (χ4v) is 5.25. The number of halogens is 1. The lowest BCUT2D eigenvalue weighted by molar-refractivity contribution is 0.0552. The van der Waals surface area contributed by atoms with Crippen LogP contribution in [0.25, 0.3) is 21.5 Å². The van der Waals surface area contributed by atoms with E-state index in [9.17, 15) is 10.2 Å². The molecule has 3 aromatic carbocycles. The second kappa shape index (κ2) is 7.69. The Balaban J connectivity index is 0.00000218. The minimum Gasteiger partial charge on any atom is -0.508 e. The van der Waals surface area contributed by atoms with Gasteiger partial charge in [-0.3, -0.25) is 4.90 Å². The Labute approximate surface area is 181 Å². The predicted octanol–water partition coefficient (Wildman–Crippen LogP) is 4.16. The Bertz CT molecular complexity index is 1130. The maximum absolute atomic E-state index is 11.3. The highest BCUT2D eigenvalue weighted by Gasteiger charge is 2.39. The number of rotatable bonds is 3. The first kappa shape index (κ1) is 20.8. The summed E-state index contributed by atoms with van der Waals surface area (Å²) in [5, 5.41) is 25.1. The molecule has 1 saturated heterocycles. The lowest BCUT2D eigenvalue weighted by atomic mass is 9.83. The van der Waals surface area contributed by atoms with Crippen LogP contribution in [0.5, 0.6) is 23.0 Å². The van der Waals surface area contributed by atoms with Crippen molar-refractivity contribution in [1.29, 1.82) is 0 Å². The maximum Gasteiger partial charge on any atom is 0.203 e. The van der Waals surface area contributed by atoms with Crippen LogP contribution in [0.4, 0.5) is 0 Å². The minimum atomic E-state index is -0.572. The molecule has 7 heteroatoms. The Morgan fingerprint density at radius 2 is 1.73 bits per heavy atom. The van der Waals surface area contributed by atoms with Crippen molar-refractivity contribution in [3.63, 3.8) is 0 Å². The summed E-state index contributed by atoms with van der Waals surface area (Å²) < 4.78 is 17.0. The second-order valence-corrected chi connectivity index (χ2v) is 7.81. The molecule has 2 N–H and O–H groups in total. The number of hydrogen-bond acceptors (Lipinski definition) is 6. The molecule has 2 aliphatic heterocycles. The molecule has 0 aromatic heterocycles. The quantitative estimate of drug-likeness (QED) is 0.607. The van der Waals surface area contributed by atoms with Gasteiger partial charge < -0.3 is 24.4 Å². The largest absolute Gasteiger partial charge is 0.508 e. The Hall–Kier alpha value is -2.41. The fraction of sp³-hybridized carbons (Fsp3) is 0.391. The van der Waals surface area contributed by atoms with Crippen LogP contribution in [-0.4, -0.2) is 49.0 Å². The van der Waals surface area contributed by atoms with E-state index in [0.717, 1.165) is 58.6 Å². The molecule has 0 radical (unpaired) electrons. The zero-order valence-corrected chi connectivity index (χ0v) is 18.1. The van der Waals surface area contributed by atoms with Gasteiger partial charge in [-0.05, 0) is 64.9 Å². The molecular weight excluding hydrogens is 406 g/mol. The summed E-state index contributed by atoms with van der Waals surface area (Å²) in [4.78, 5) is 2.36. The van der Waals surface area contributed by atoms with Gasteiger partial charge in [0.2, 0.25) is 5.75 Å². The van der Waals surface area contributed by atoms with Gasteiger partial charge in [0.05, 0.1) is 27.4 Å². The lowest BCUT2D eigenvalue weighted by Crippen LogP contribution is -2.39. The van der Waals surface area contributed by atoms with Gasteiger partial charge in [-0.1, -0.05) is 6.07 Å². The maximum atomic E-state index is 11.3. The van der Waals surface area contributed by atoms with E-state index < -0.39 is 6.10 Å². The van der Waals surface area contributed by atoms with Crippen LogP contribution in [0.3, 0.4) is 0 Å². The Morgan fingerprint density at radius 1 is 0.967 bits per heavy atom. The molecule has 2 atom stereocenters. The Kier molecular flexibility index (Phi) is 5.34. The van der Waals surface area contributed by atoms with Crippen LogP contribution in [0.1, 0.15) is 30.1 Å². The SMILES string of the molecule is COc1cc2c3c(c4ccc(O)cc4c2c(OC)c1OC)[C@@H](O)[C@H]1CCCN1C3.Cl. The van der Waals surface area contributed by atoms with Crippen molar-refractivity contribution in [3.8, 4) is 23.0 Å². The number of phenols is 1. The third kappa shape index (κ3) is 2.78. The number of ether oxygens (including phenoxy) is 3. The summed E-state index contributed by atoms with van der Waals surface area (Å²) in [6.07, 6.45) is 1.51. The Morgan fingerprint density at radius 3 is 2.43 bits per heavy atom. The molecule has 0 aliphatic carbocycles. The molecule has 2 aliphatic rings. The molecular formula is C23H26ClNO5. The zero-order valence-electron chi connectivity index (χ0n) is 17.3. The zero-order chi connectivity index (χ0) is 20.3. The van der Waals surface area contributed by atoms with Gasteiger partial charge in [-0.2, -0.15) is 0 Å². The van der Waals surface area contributed by atoms with E-state index in [1.165, 1.54) is 0 Å². The van der Waals surface area contributed by atoms with Gasteiger partial charge in [0, 0.05) is 18.0 Å². The van der Waals surface area contributed by atoms with Crippen molar-refractivity contribution < 1.29 is 24.4 Å². The lowest BCUT2D eigenvalue weighted by Gasteiger charge is -2.37. The van der Waals surface area contributed by atoms with Gasteiger partial charge in [-0.15, -0.1) is 12.4 Å². The predicted molar refractivity (Wildman–Crippen MR) is 118 cm³/mol. The van der Waals surface area contributed by atoms with Crippen LogP contribution in [-0.2, 0) is 6.54 Å². The van der Waals surface area contributed by atoms with Crippen molar-refractivity contribution in [2.75, 3.05) is 27.9 Å². The first-order valence-corrected chi connectivity index (χ1v) is 9.91. The average molecular weight is 432 g/mol. The number of fused-ring (bicyclic) bond motifs is 7. The van der Waals surface area contributed by atoms with Crippen molar-refractivity contribution in [2.45, 2.75) is 31.5 Å². The van der Waals surface area contributed by atoms with Crippen molar-refractivity contribution in [3.05, 3.63) is 35.4 Å². The van der Waals surface area contributed by atoms with Crippen LogP contribution >= 0.6 is 12.4 Å². The van der Waals surface area contributed by atoms with Gasteiger partial charge in [0.15, 0.2) is 11.5 Å². The number of benzene rings is 3. The number of aliphatic hydroxyl groups excluding tert-OH is 1. The molecule has 0 saturated carbocycles. The molecule has 5 rings (SSSR count). The molecule has 2 heterocycles. The van der Waals surface area contributed by atoms with Gasteiger partial charge >= 0.3 is 0 Å². The topological polar surface area (TPSA) is 71.4 Å². The molecule has 160 valence electrons. The molecule has 30 heavy (non-hydrogen) atoms. The second-order valence-electron chi connectivity index (χ2n) is 7.81. The standard InChI is InChI=1S/C23H25NO5.ClH/c1-27-18-10-15-16-11-24-8-4-5-17(24)21(26)19(16)13-7-6-12(25)9-14(13)20(15)23(29-3)22(18)28-2;/h6-7,9-10,17,21,25-26H,4-5,8,11H2,1-3H3;1H/t17-,21+;/m1./s1. The van der Waals surface area contributed by atoms with E-state index in [0.29, 0.717) is 17.2 Å². The highest BCUT2D eigenvalue weighted by atomic mass is 35.5. The third-order valence-corrected chi connectivity index (χ3v) is 6.48.